The molecule has 0 aliphatic heterocycles. The minimum absolute atomic E-state index is 0.811. The molecule has 2 aromatic rings. The lowest BCUT2D eigenvalue weighted by atomic mass is 10.3. The van der Waals surface area contributed by atoms with E-state index in [4.69, 9.17) is 4.42 Å². The molecule has 0 unspecified atom stereocenters. The van der Waals surface area contributed by atoms with Crippen LogP contribution in [0.5, 0.6) is 0 Å². The minimum atomic E-state index is -3.66. The predicted molar refractivity (Wildman–Crippen MR) is 66.3 cm³/mol. The van der Waals surface area contributed by atoms with Gasteiger partial charge in [0, 0.05) is 6.42 Å². The van der Waals surface area contributed by atoms with Crippen molar-refractivity contribution < 1.29 is 21.2 Å². The van der Waals surface area contributed by atoms with Crippen molar-refractivity contribution in [1.29, 1.82) is 0 Å². The maximum absolute atomic E-state index is 9.92. The van der Waals surface area contributed by atoms with E-state index >= 15 is 0 Å². The monoisotopic (exact) mass is 273 g/mol. The Morgan fingerprint density at radius 1 is 1.22 bits per heavy atom. The molecule has 0 radical (unpaired) electrons. The highest BCUT2D eigenvalue weighted by molar-refractivity contribution is 7.81. The normalized spacial score (nSPS) is 11.1. The summed E-state index contributed by atoms with van der Waals surface area (Å²) in [6, 6.07) is 7.80. The molecular formula is C11H15NO5S. The summed E-state index contributed by atoms with van der Waals surface area (Å²) < 4.78 is 32.9. The first-order valence-electron chi connectivity index (χ1n) is 5.23. The van der Waals surface area contributed by atoms with E-state index in [9.17, 15) is 8.42 Å². The van der Waals surface area contributed by atoms with Crippen molar-refractivity contribution in [1.82, 2.24) is 4.98 Å². The predicted octanol–water partition coefficient (Wildman–Crippen LogP) is 1.91. The number of hydrogen-bond donors (Lipinski definition) is 0. The number of nitrogens with zero attached hydrogens (tertiary/aromatic N) is 1. The van der Waals surface area contributed by atoms with Crippen LogP contribution >= 0.6 is 0 Å². The Morgan fingerprint density at radius 2 is 1.83 bits per heavy atom. The van der Waals surface area contributed by atoms with Crippen LogP contribution in [0, 0.1) is 0 Å². The van der Waals surface area contributed by atoms with Crippen molar-refractivity contribution in [2.24, 2.45) is 0 Å². The number of aromatic nitrogens is 1. The van der Waals surface area contributed by atoms with E-state index in [0.717, 1.165) is 37.6 Å². The molecule has 1 aromatic heterocycles. The Kier molecular flexibility index (Phi) is 5.26. The van der Waals surface area contributed by atoms with Crippen molar-refractivity contribution in [3.05, 3.63) is 30.2 Å². The molecule has 0 atom stereocenters. The van der Waals surface area contributed by atoms with Gasteiger partial charge in [-0.3, -0.25) is 8.37 Å². The first-order chi connectivity index (χ1) is 8.52. The molecule has 0 aliphatic rings. The molecule has 0 amide bonds. The number of hydrogen-bond acceptors (Lipinski definition) is 6. The van der Waals surface area contributed by atoms with Gasteiger partial charge in [0.1, 0.15) is 5.52 Å². The summed E-state index contributed by atoms with van der Waals surface area (Å²) in [5.41, 5.74) is 1.83. The zero-order chi connectivity index (χ0) is 13.6. The highest BCUT2D eigenvalue weighted by Gasteiger charge is 2.01. The zero-order valence-corrected chi connectivity index (χ0v) is 11.2. The van der Waals surface area contributed by atoms with Crippen LogP contribution in [0.2, 0.25) is 0 Å². The van der Waals surface area contributed by atoms with Crippen molar-refractivity contribution in [3.8, 4) is 0 Å². The molecule has 0 fully saturated rings. The molecule has 18 heavy (non-hydrogen) atoms. The van der Waals surface area contributed by atoms with Gasteiger partial charge in [-0.25, -0.2) is 4.98 Å². The number of fused-ring (bicyclic) bond motifs is 1. The van der Waals surface area contributed by atoms with E-state index in [1.54, 1.807) is 0 Å². The van der Waals surface area contributed by atoms with Gasteiger partial charge in [0.2, 0.25) is 0 Å². The molecule has 0 N–H and O–H groups in total. The van der Waals surface area contributed by atoms with Gasteiger partial charge in [-0.1, -0.05) is 19.1 Å². The average molecular weight is 273 g/mol. The van der Waals surface area contributed by atoms with Gasteiger partial charge in [0.15, 0.2) is 11.5 Å². The standard InChI is InChI=1S/C9H9NO.C2H6O4S/c1-2-9-10-7-5-3-4-6-8(7)11-9;1-5-7(3,4)6-2/h3-6H,2H2,1H3;1-2H3. The molecule has 100 valence electrons. The van der Waals surface area contributed by atoms with Gasteiger partial charge >= 0.3 is 10.4 Å². The lowest BCUT2D eigenvalue weighted by Crippen LogP contribution is -2.02. The quantitative estimate of drug-likeness (QED) is 0.850. The fourth-order valence-electron chi connectivity index (χ4n) is 1.14. The van der Waals surface area contributed by atoms with Gasteiger partial charge in [-0.15, -0.1) is 0 Å². The van der Waals surface area contributed by atoms with Gasteiger partial charge in [-0.2, -0.15) is 8.42 Å². The number of para-hydroxylation sites is 2. The van der Waals surface area contributed by atoms with Crippen LogP contribution in [0.25, 0.3) is 11.1 Å². The van der Waals surface area contributed by atoms with E-state index in [2.05, 4.69) is 13.4 Å². The minimum Gasteiger partial charge on any atom is -0.441 e. The molecule has 6 nitrogen and oxygen atoms in total. The molecule has 0 aliphatic carbocycles. The number of benzene rings is 1. The van der Waals surface area contributed by atoms with Crippen LogP contribution in [-0.4, -0.2) is 27.6 Å². The highest BCUT2D eigenvalue weighted by atomic mass is 32.3. The van der Waals surface area contributed by atoms with E-state index in [1.165, 1.54) is 0 Å². The Hall–Kier alpha value is -1.44. The number of rotatable bonds is 3. The summed E-state index contributed by atoms with van der Waals surface area (Å²) >= 11 is 0. The summed E-state index contributed by atoms with van der Waals surface area (Å²) in [7, 11) is -1.60. The molecule has 1 heterocycles. The Morgan fingerprint density at radius 3 is 2.28 bits per heavy atom. The topological polar surface area (TPSA) is 78.6 Å². The first kappa shape index (κ1) is 14.6. The van der Waals surface area contributed by atoms with Gasteiger partial charge in [-0.05, 0) is 12.1 Å². The van der Waals surface area contributed by atoms with Crippen LogP contribution in [0.4, 0.5) is 0 Å². The molecule has 1 aromatic carbocycles. The maximum Gasteiger partial charge on any atom is 0.399 e. The highest BCUT2D eigenvalue weighted by Crippen LogP contribution is 2.14. The summed E-state index contributed by atoms with van der Waals surface area (Å²) in [5.74, 6) is 0.811. The number of oxazole rings is 1. The molecule has 7 heteroatoms. The number of aryl methyl sites for hydroxylation is 1. The molecule has 0 saturated heterocycles. The maximum atomic E-state index is 9.92. The second-order valence-electron chi connectivity index (χ2n) is 3.17. The van der Waals surface area contributed by atoms with Crippen LogP contribution in [-0.2, 0) is 25.2 Å². The van der Waals surface area contributed by atoms with Crippen molar-refractivity contribution in [2.75, 3.05) is 14.2 Å². The van der Waals surface area contributed by atoms with E-state index in [-0.39, 0.29) is 0 Å². The second-order valence-corrected chi connectivity index (χ2v) is 4.65. The average Bonchev–Trinajstić information content (AvgIpc) is 2.82. The van der Waals surface area contributed by atoms with E-state index in [0.29, 0.717) is 0 Å². The lowest BCUT2D eigenvalue weighted by molar-refractivity contribution is 0.286. The fourth-order valence-corrected chi connectivity index (χ4v) is 1.28. The summed E-state index contributed by atoms with van der Waals surface area (Å²) in [6.45, 7) is 2.03. The summed E-state index contributed by atoms with van der Waals surface area (Å²) in [5, 5.41) is 0. The van der Waals surface area contributed by atoms with Crippen LogP contribution < -0.4 is 0 Å². The third kappa shape index (κ3) is 4.10. The fraction of sp³-hybridized carbons (Fsp3) is 0.364. The molecule has 0 saturated carbocycles. The first-order valence-corrected chi connectivity index (χ1v) is 6.56. The molecule has 0 spiro atoms. The lowest BCUT2D eigenvalue weighted by Gasteiger charge is -1.91. The van der Waals surface area contributed by atoms with Gasteiger partial charge in [0.25, 0.3) is 0 Å². The largest absolute Gasteiger partial charge is 0.441 e. The smallest absolute Gasteiger partial charge is 0.399 e. The zero-order valence-electron chi connectivity index (χ0n) is 10.4. The molecule has 0 bridgehead atoms. The second kappa shape index (κ2) is 6.48. The molecule has 2 rings (SSSR count). The van der Waals surface area contributed by atoms with Crippen LogP contribution in [0.15, 0.2) is 28.7 Å². The van der Waals surface area contributed by atoms with Gasteiger partial charge < -0.3 is 4.42 Å². The summed E-state index contributed by atoms with van der Waals surface area (Å²) in [4.78, 5) is 4.26. The summed E-state index contributed by atoms with van der Waals surface area (Å²) in [6.07, 6.45) is 0.856. The molecular weight excluding hydrogens is 258 g/mol. The van der Waals surface area contributed by atoms with E-state index < -0.39 is 10.4 Å². The Balaban J connectivity index is 0.000000203. The van der Waals surface area contributed by atoms with Crippen molar-refractivity contribution >= 4 is 21.5 Å². The van der Waals surface area contributed by atoms with Crippen LogP contribution in [0.3, 0.4) is 0 Å². The third-order valence-electron chi connectivity index (χ3n) is 2.05. The Labute approximate surface area is 106 Å². The van der Waals surface area contributed by atoms with Gasteiger partial charge in [0.05, 0.1) is 14.2 Å². The third-order valence-corrected chi connectivity index (χ3v) is 2.87. The van der Waals surface area contributed by atoms with Crippen molar-refractivity contribution in [3.63, 3.8) is 0 Å². The Bertz CT molecular complexity index is 547. The van der Waals surface area contributed by atoms with E-state index in [1.807, 2.05) is 31.2 Å². The van der Waals surface area contributed by atoms with Crippen molar-refractivity contribution in [2.45, 2.75) is 13.3 Å². The van der Waals surface area contributed by atoms with Crippen LogP contribution in [0.1, 0.15) is 12.8 Å². The SMILES string of the molecule is CCc1nc2ccccc2o1.COS(=O)(=O)OC.